The number of pyridine rings is 1. The summed E-state index contributed by atoms with van der Waals surface area (Å²) in [4.78, 5) is 17.7. The molecule has 0 saturated carbocycles. The van der Waals surface area contributed by atoms with Crippen LogP contribution in [-0.2, 0) is 6.42 Å². The van der Waals surface area contributed by atoms with Gasteiger partial charge in [-0.3, -0.25) is 0 Å². The number of anilines is 3. The topological polar surface area (TPSA) is 101 Å². The molecule has 1 atom stereocenters. The maximum atomic E-state index is 11.8. The zero-order valence-corrected chi connectivity index (χ0v) is 17.5. The number of nitrogen functional groups attached to an aromatic ring is 1. The molecule has 29 heavy (non-hydrogen) atoms. The van der Waals surface area contributed by atoms with E-state index in [9.17, 15) is 9.90 Å². The molecule has 7 heteroatoms. The minimum atomic E-state index is -0.873. The van der Waals surface area contributed by atoms with E-state index in [-0.39, 0.29) is 5.92 Å². The van der Waals surface area contributed by atoms with Gasteiger partial charge in [-0.15, -0.1) is 0 Å². The molecule has 0 saturated heterocycles. The van der Waals surface area contributed by atoms with Crippen LogP contribution >= 0.6 is 0 Å². The first-order valence-electron chi connectivity index (χ1n) is 9.90. The number of rotatable bonds is 5. The van der Waals surface area contributed by atoms with Crippen LogP contribution in [-0.4, -0.2) is 40.3 Å². The highest BCUT2D eigenvalue weighted by molar-refractivity contribution is 5.70. The Kier molecular flexibility index (Phi) is 5.86. The Morgan fingerprint density at radius 1 is 1.34 bits per heavy atom. The van der Waals surface area contributed by atoms with Crippen LogP contribution in [0.4, 0.5) is 22.0 Å². The van der Waals surface area contributed by atoms with Gasteiger partial charge in [0, 0.05) is 29.8 Å². The molecule has 0 spiro atoms. The summed E-state index contributed by atoms with van der Waals surface area (Å²) in [7, 11) is 1.57. The molecule has 1 aromatic carbocycles. The average Bonchev–Trinajstić information content (AvgIpc) is 2.66. The van der Waals surface area contributed by atoms with Crippen LogP contribution in [0.15, 0.2) is 30.3 Å². The highest BCUT2D eigenvalue weighted by Crippen LogP contribution is 2.36. The SMILES string of the molecule is COc1ccc(N)c(Nc2ccc3c(c2)CCCC3CN(C(=O)O)C(C)(C)C)n1. The highest BCUT2D eigenvalue weighted by atomic mass is 16.5. The summed E-state index contributed by atoms with van der Waals surface area (Å²) in [6.07, 6.45) is 2.13. The number of fused-ring (bicyclic) bond motifs is 1. The van der Waals surface area contributed by atoms with Crippen LogP contribution in [0.1, 0.15) is 50.7 Å². The predicted molar refractivity (Wildman–Crippen MR) is 115 cm³/mol. The number of nitrogens with one attached hydrogen (secondary N) is 1. The Labute approximate surface area is 171 Å². The quantitative estimate of drug-likeness (QED) is 0.680. The molecular weight excluding hydrogens is 368 g/mol. The normalized spacial score (nSPS) is 16.1. The summed E-state index contributed by atoms with van der Waals surface area (Å²) in [5.41, 5.74) is 9.52. The molecule has 0 aliphatic heterocycles. The molecule has 1 amide bonds. The Balaban J connectivity index is 1.83. The number of hydrogen-bond acceptors (Lipinski definition) is 5. The molecule has 4 N–H and O–H groups in total. The maximum Gasteiger partial charge on any atom is 0.407 e. The van der Waals surface area contributed by atoms with E-state index in [0.717, 1.165) is 24.9 Å². The van der Waals surface area contributed by atoms with E-state index in [1.807, 2.05) is 26.8 Å². The van der Waals surface area contributed by atoms with Gasteiger partial charge in [0.2, 0.25) is 5.88 Å². The first kappa shape index (κ1) is 20.8. The second-order valence-corrected chi connectivity index (χ2v) is 8.48. The fourth-order valence-corrected chi connectivity index (χ4v) is 3.84. The molecule has 0 bridgehead atoms. The number of nitrogens with zero attached hydrogens (tertiary/aromatic N) is 2. The highest BCUT2D eigenvalue weighted by Gasteiger charge is 2.31. The molecule has 1 unspecified atom stereocenters. The van der Waals surface area contributed by atoms with Gasteiger partial charge in [0.15, 0.2) is 5.82 Å². The van der Waals surface area contributed by atoms with E-state index in [2.05, 4.69) is 22.4 Å². The van der Waals surface area contributed by atoms with Crippen molar-refractivity contribution in [2.45, 2.75) is 51.5 Å². The Morgan fingerprint density at radius 3 is 2.76 bits per heavy atom. The molecule has 7 nitrogen and oxygen atoms in total. The Bertz CT molecular complexity index is 892. The van der Waals surface area contributed by atoms with Crippen LogP contribution in [0.3, 0.4) is 0 Å². The molecular formula is C22H30N4O3. The zero-order chi connectivity index (χ0) is 21.2. The number of amides is 1. The van der Waals surface area contributed by atoms with Crippen molar-refractivity contribution in [2.75, 3.05) is 24.7 Å². The summed E-state index contributed by atoms with van der Waals surface area (Å²) in [5.74, 6) is 1.25. The summed E-state index contributed by atoms with van der Waals surface area (Å²) >= 11 is 0. The first-order chi connectivity index (χ1) is 13.7. The Morgan fingerprint density at radius 2 is 2.10 bits per heavy atom. The molecule has 1 aliphatic carbocycles. The maximum absolute atomic E-state index is 11.8. The molecule has 0 radical (unpaired) electrons. The standard InChI is InChI=1S/C22H30N4O3/c1-22(2,3)26(21(27)28)13-15-7-5-6-14-12-16(8-9-17(14)15)24-20-18(23)10-11-19(25-20)29-4/h8-12,15H,5-7,13,23H2,1-4H3,(H,24,25)(H,27,28). The van der Waals surface area contributed by atoms with Crippen molar-refractivity contribution in [3.05, 3.63) is 41.5 Å². The van der Waals surface area contributed by atoms with E-state index >= 15 is 0 Å². The molecule has 1 heterocycles. The van der Waals surface area contributed by atoms with E-state index in [0.29, 0.717) is 23.9 Å². The van der Waals surface area contributed by atoms with Crippen molar-refractivity contribution < 1.29 is 14.6 Å². The largest absolute Gasteiger partial charge is 0.481 e. The number of aryl methyl sites for hydroxylation is 1. The molecule has 1 aromatic heterocycles. The van der Waals surface area contributed by atoms with Crippen molar-refractivity contribution in [1.82, 2.24) is 9.88 Å². The number of benzene rings is 1. The molecule has 156 valence electrons. The van der Waals surface area contributed by atoms with Crippen molar-refractivity contribution in [1.29, 1.82) is 0 Å². The van der Waals surface area contributed by atoms with Crippen LogP contribution in [0.2, 0.25) is 0 Å². The molecule has 1 aliphatic rings. The summed E-state index contributed by atoms with van der Waals surface area (Å²) < 4.78 is 5.18. The van der Waals surface area contributed by atoms with Gasteiger partial charge in [0.05, 0.1) is 12.8 Å². The summed E-state index contributed by atoms with van der Waals surface area (Å²) in [5, 5.41) is 12.9. The number of ether oxygens (including phenoxy) is 1. The molecule has 2 aromatic rings. The molecule has 3 rings (SSSR count). The smallest absolute Gasteiger partial charge is 0.407 e. The second-order valence-electron chi connectivity index (χ2n) is 8.48. The summed E-state index contributed by atoms with van der Waals surface area (Å²) in [6, 6.07) is 9.70. The first-order valence-corrected chi connectivity index (χ1v) is 9.90. The van der Waals surface area contributed by atoms with Gasteiger partial charge in [0.1, 0.15) is 0 Å². The number of nitrogens with two attached hydrogens (primary N) is 1. The fourth-order valence-electron chi connectivity index (χ4n) is 3.84. The third-order valence-corrected chi connectivity index (χ3v) is 5.40. The van der Waals surface area contributed by atoms with Gasteiger partial charge in [-0.25, -0.2) is 4.79 Å². The van der Waals surface area contributed by atoms with E-state index in [4.69, 9.17) is 10.5 Å². The second kappa shape index (κ2) is 8.19. The van der Waals surface area contributed by atoms with Gasteiger partial charge in [-0.05, 0) is 69.4 Å². The minimum absolute atomic E-state index is 0.197. The van der Waals surface area contributed by atoms with Crippen molar-refractivity contribution in [3.8, 4) is 5.88 Å². The predicted octanol–water partition coefficient (Wildman–Crippen LogP) is 4.61. The van der Waals surface area contributed by atoms with Crippen molar-refractivity contribution in [2.24, 2.45) is 0 Å². The third-order valence-electron chi connectivity index (χ3n) is 5.40. The van der Waals surface area contributed by atoms with E-state index in [1.54, 1.807) is 24.1 Å². The number of carboxylic acid groups (broad SMARTS) is 1. The lowest BCUT2D eigenvalue weighted by molar-refractivity contribution is 0.0943. The van der Waals surface area contributed by atoms with Gasteiger partial charge >= 0.3 is 6.09 Å². The monoisotopic (exact) mass is 398 g/mol. The summed E-state index contributed by atoms with van der Waals surface area (Å²) in [6.45, 7) is 6.30. The number of aromatic nitrogens is 1. The lowest BCUT2D eigenvalue weighted by atomic mass is 9.81. The van der Waals surface area contributed by atoms with Crippen LogP contribution in [0.5, 0.6) is 5.88 Å². The number of methoxy groups -OCH3 is 1. The number of hydrogen-bond donors (Lipinski definition) is 3. The van der Waals surface area contributed by atoms with Crippen LogP contribution < -0.4 is 15.8 Å². The average molecular weight is 399 g/mol. The minimum Gasteiger partial charge on any atom is -0.481 e. The lowest BCUT2D eigenvalue weighted by Crippen LogP contribution is -2.47. The van der Waals surface area contributed by atoms with Crippen LogP contribution in [0, 0.1) is 0 Å². The van der Waals surface area contributed by atoms with E-state index in [1.165, 1.54) is 11.1 Å². The zero-order valence-electron chi connectivity index (χ0n) is 17.5. The van der Waals surface area contributed by atoms with Crippen LogP contribution in [0.25, 0.3) is 0 Å². The third kappa shape index (κ3) is 4.72. The van der Waals surface area contributed by atoms with Crippen molar-refractivity contribution in [3.63, 3.8) is 0 Å². The van der Waals surface area contributed by atoms with Gasteiger partial charge < -0.3 is 25.8 Å². The van der Waals surface area contributed by atoms with Crippen molar-refractivity contribution >= 4 is 23.3 Å². The van der Waals surface area contributed by atoms with Gasteiger partial charge in [0.25, 0.3) is 0 Å². The fraction of sp³-hybridized carbons (Fsp3) is 0.455. The number of carbonyl (C=O) groups is 1. The van der Waals surface area contributed by atoms with Gasteiger partial charge in [-0.2, -0.15) is 4.98 Å². The lowest BCUT2D eigenvalue weighted by Gasteiger charge is -2.37. The van der Waals surface area contributed by atoms with E-state index < -0.39 is 11.6 Å². The molecule has 0 fully saturated rings. The Hall–Kier alpha value is -2.96. The van der Waals surface area contributed by atoms with Gasteiger partial charge in [-0.1, -0.05) is 6.07 Å².